The Morgan fingerprint density at radius 1 is 1.29 bits per heavy atom. The quantitative estimate of drug-likeness (QED) is 0.937. The molecule has 4 nitrogen and oxygen atoms in total. The van der Waals surface area contributed by atoms with Gasteiger partial charge in [-0.2, -0.15) is 0 Å². The molecule has 112 valence electrons. The van der Waals surface area contributed by atoms with E-state index in [1.807, 2.05) is 18.3 Å². The zero-order valence-corrected chi connectivity index (χ0v) is 12.8. The fraction of sp³-hybridized carbons (Fsp3) is 0.471. The van der Waals surface area contributed by atoms with Crippen LogP contribution in [0.5, 0.6) is 5.75 Å². The molecule has 0 saturated carbocycles. The standard InChI is InChI=1S/C17H23N3O/c1-20-9-6-13(7-10-20)12-19-17-16-11-15(21-2)4-3-14(16)5-8-18-17/h3-5,8,11,13H,6-7,9-10,12H2,1-2H3,(H,18,19). The van der Waals surface area contributed by atoms with Crippen molar-refractivity contribution in [2.24, 2.45) is 5.92 Å². The Kier molecular flexibility index (Phi) is 4.25. The zero-order valence-electron chi connectivity index (χ0n) is 12.8. The first kappa shape index (κ1) is 14.1. The number of ether oxygens (including phenoxy) is 1. The van der Waals surface area contributed by atoms with Gasteiger partial charge in [0.25, 0.3) is 0 Å². The Labute approximate surface area is 126 Å². The van der Waals surface area contributed by atoms with E-state index in [1.54, 1.807) is 7.11 Å². The number of nitrogens with zero attached hydrogens (tertiary/aromatic N) is 2. The largest absolute Gasteiger partial charge is 0.497 e. The molecule has 0 unspecified atom stereocenters. The molecule has 0 spiro atoms. The smallest absolute Gasteiger partial charge is 0.133 e. The van der Waals surface area contributed by atoms with Crippen LogP contribution in [0.25, 0.3) is 10.8 Å². The van der Waals surface area contributed by atoms with Gasteiger partial charge in [0.05, 0.1) is 7.11 Å². The molecule has 1 aromatic carbocycles. The van der Waals surface area contributed by atoms with Crippen molar-refractivity contribution in [2.75, 3.05) is 39.1 Å². The molecule has 0 bridgehead atoms. The number of fused-ring (bicyclic) bond motifs is 1. The Hall–Kier alpha value is -1.81. The maximum atomic E-state index is 5.32. The molecule has 0 amide bonds. The number of aromatic nitrogens is 1. The van der Waals surface area contributed by atoms with Crippen LogP contribution in [0.2, 0.25) is 0 Å². The molecule has 1 aromatic heterocycles. The summed E-state index contributed by atoms with van der Waals surface area (Å²) in [7, 11) is 3.89. The van der Waals surface area contributed by atoms with E-state index in [0.717, 1.165) is 29.4 Å². The number of hydrogen-bond acceptors (Lipinski definition) is 4. The molecule has 2 aromatic rings. The van der Waals surface area contributed by atoms with Crippen LogP contribution in [-0.4, -0.2) is 43.7 Å². The summed E-state index contributed by atoms with van der Waals surface area (Å²) in [5.41, 5.74) is 0. The van der Waals surface area contributed by atoms with E-state index in [0.29, 0.717) is 0 Å². The lowest BCUT2D eigenvalue weighted by Crippen LogP contribution is -2.33. The molecule has 3 rings (SSSR count). The van der Waals surface area contributed by atoms with E-state index in [2.05, 4.69) is 34.4 Å². The van der Waals surface area contributed by atoms with Crippen molar-refractivity contribution in [1.82, 2.24) is 9.88 Å². The maximum absolute atomic E-state index is 5.32. The average Bonchev–Trinajstić information content (AvgIpc) is 2.54. The predicted octanol–water partition coefficient (Wildman–Crippen LogP) is 3.00. The van der Waals surface area contributed by atoms with Crippen LogP contribution >= 0.6 is 0 Å². The second-order valence-corrected chi connectivity index (χ2v) is 5.87. The highest BCUT2D eigenvalue weighted by molar-refractivity contribution is 5.92. The van der Waals surface area contributed by atoms with Crippen LogP contribution < -0.4 is 10.1 Å². The first-order valence-electron chi connectivity index (χ1n) is 7.61. The first-order valence-corrected chi connectivity index (χ1v) is 7.61. The van der Waals surface area contributed by atoms with Crippen LogP contribution in [0.4, 0.5) is 5.82 Å². The van der Waals surface area contributed by atoms with Crippen molar-refractivity contribution < 1.29 is 4.74 Å². The third-order valence-corrected chi connectivity index (χ3v) is 4.37. The molecule has 1 saturated heterocycles. The molecule has 4 heteroatoms. The minimum atomic E-state index is 0.740. The molecule has 21 heavy (non-hydrogen) atoms. The SMILES string of the molecule is COc1ccc2ccnc(NCC3CCN(C)CC3)c2c1. The summed E-state index contributed by atoms with van der Waals surface area (Å²) < 4.78 is 5.32. The van der Waals surface area contributed by atoms with E-state index >= 15 is 0 Å². The molecular weight excluding hydrogens is 262 g/mol. The fourth-order valence-corrected chi connectivity index (χ4v) is 2.92. The number of rotatable bonds is 4. The summed E-state index contributed by atoms with van der Waals surface area (Å²) in [4.78, 5) is 6.90. The average molecular weight is 285 g/mol. The number of anilines is 1. The second kappa shape index (κ2) is 6.31. The minimum Gasteiger partial charge on any atom is -0.497 e. The number of nitrogens with one attached hydrogen (secondary N) is 1. The fourth-order valence-electron chi connectivity index (χ4n) is 2.92. The van der Waals surface area contributed by atoms with Gasteiger partial charge in [-0.15, -0.1) is 0 Å². The molecule has 1 aliphatic rings. The molecule has 0 aliphatic carbocycles. The molecule has 0 atom stereocenters. The number of pyridine rings is 1. The summed E-state index contributed by atoms with van der Waals surface area (Å²) in [5.74, 6) is 2.58. The lowest BCUT2D eigenvalue weighted by molar-refractivity contribution is 0.226. The number of likely N-dealkylation sites (tertiary alicyclic amines) is 1. The van der Waals surface area contributed by atoms with E-state index in [1.165, 1.54) is 31.3 Å². The summed E-state index contributed by atoms with van der Waals surface area (Å²) in [6, 6.07) is 8.16. The topological polar surface area (TPSA) is 37.4 Å². The van der Waals surface area contributed by atoms with Crippen molar-refractivity contribution in [3.63, 3.8) is 0 Å². The Morgan fingerprint density at radius 3 is 2.86 bits per heavy atom. The monoisotopic (exact) mass is 285 g/mol. The Bertz CT molecular complexity index is 606. The van der Waals surface area contributed by atoms with Gasteiger partial charge in [0.15, 0.2) is 0 Å². The number of benzene rings is 1. The van der Waals surface area contributed by atoms with Crippen LogP contribution in [0.1, 0.15) is 12.8 Å². The third-order valence-electron chi connectivity index (χ3n) is 4.37. The first-order chi connectivity index (χ1) is 10.3. The minimum absolute atomic E-state index is 0.740. The highest BCUT2D eigenvalue weighted by atomic mass is 16.5. The highest BCUT2D eigenvalue weighted by Gasteiger charge is 2.16. The number of piperidine rings is 1. The molecule has 1 N–H and O–H groups in total. The van der Waals surface area contributed by atoms with Gasteiger partial charge in [-0.05, 0) is 62.5 Å². The highest BCUT2D eigenvalue weighted by Crippen LogP contribution is 2.26. The van der Waals surface area contributed by atoms with Crippen molar-refractivity contribution >= 4 is 16.6 Å². The molecule has 0 radical (unpaired) electrons. The van der Waals surface area contributed by atoms with Crippen LogP contribution in [0.3, 0.4) is 0 Å². The normalized spacial score (nSPS) is 17.0. The Balaban J connectivity index is 1.74. The van der Waals surface area contributed by atoms with Gasteiger partial charge in [-0.25, -0.2) is 4.98 Å². The lowest BCUT2D eigenvalue weighted by atomic mass is 9.97. The summed E-state index contributed by atoms with van der Waals surface area (Å²) >= 11 is 0. The zero-order chi connectivity index (χ0) is 14.7. The summed E-state index contributed by atoms with van der Waals surface area (Å²) in [6.45, 7) is 3.39. The molecular formula is C17H23N3O. The van der Waals surface area contributed by atoms with Crippen LogP contribution in [-0.2, 0) is 0 Å². The van der Waals surface area contributed by atoms with E-state index in [4.69, 9.17) is 4.74 Å². The van der Waals surface area contributed by atoms with Crippen LogP contribution in [0.15, 0.2) is 30.5 Å². The van der Waals surface area contributed by atoms with Gasteiger partial charge in [0, 0.05) is 18.1 Å². The molecule has 2 heterocycles. The number of hydrogen-bond donors (Lipinski definition) is 1. The summed E-state index contributed by atoms with van der Waals surface area (Å²) in [5, 5.41) is 5.86. The van der Waals surface area contributed by atoms with E-state index in [9.17, 15) is 0 Å². The second-order valence-electron chi connectivity index (χ2n) is 5.87. The van der Waals surface area contributed by atoms with Crippen molar-refractivity contribution in [2.45, 2.75) is 12.8 Å². The van der Waals surface area contributed by atoms with Crippen LogP contribution in [0, 0.1) is 5.92 Å². The van der Waals surface area contributed by atoms with Gasteiger partial charge < -0.3 is 15.0 Å². The van der Waals surface area contributed by atoms with Gasteiger partial charge in [0.1, 0.15) is 11.6 Å². The third kappa shape index (κ3) is 3.27. The van der Waals surface area contributed by atoms with E-state index in [-0.39, 0.29) is 0 Å². The lowest BCUT2D eigenvalue weighted by Gasteiger charge is -2.29. The maximum Gasteiger partial charge on any atom is 0.133 e. The number of methoxy groups -OCH3 is 1. The van der Waals surface area contributed by atoms with Gasteiger partial charge in [-0.1, -0.05) is 6.07 Å². The summed E-state index contributed by atoms with van der Waals surface area (Å²) in [6.07, 6.45) is 4.39. The van der Waals surface area contributed by atoms with Gasteiger partial charge >= 0.3 is 0 Å². The van der Waals surface area contributed by atoms with Crippen molar-refractivity contribution in [3.8, 4) is 5.75 Å². The van der Waals surface area contributed by atoms with Crippen molar-refractivity contribution in [3.05, 3.63) is 30.5 Å². The van der Waals surface area contributed by atoms with E-state index < -0.39 is 0 Å². The molecule has 1 aliphatic heterocycles. The molecule has 1 fully saturated rings. The Morgan fingerprint density at radius 2 is 2.10 bits per heavy atom. The van der Waals surface area contributed by atoms with Crippen molar-refractivity contribution in [1.29, 1.82) is 0 Å². The van der Waals surface area contributed by atoms with Gasteiger partial charge in [-0.3, -0.25) is 0 Å². The van der Waals surface area contributed by atoms with Gasteiger partial charge in [0.2, 0.25) is 0 Å². The predicted molar refractivity (Wildman–Crippen MR) is 87.0 cm³/mol.